The van der Waals surface area contributed by atoms with E-state index < -0.39 is 0 Å². The Kier molecular flexibility index (Phi) is 2.63. The fourth-order valence-electron chi connectivity index (χ4n) is 2.59. The molecular formula is C16H16N2. The number of fused-ring (bicyclic) bond motifs is 1. The summed E-state index contributed by atoms with van der Waals surface area (Å²) in [6.45, 7) is 8.08. The van der Waals surface area contributed by atoms with Crippen molar-refractivity contribution < 1.29 is 0 Å². The number of hydrogen-bond donors (Lipinski definition) is 1. The van der Waals surface area contributed by atoms with Crippen LogP contribution in [-0.4, -0.2) is 4.98 Å². The monoisotopic (exact) mass is 236 g/mol. The molecule has 1 fully saturated rings. The zero-order valence-corrected chi connectivity index (χ0v) is 10.3. The third kappa shape index (κ3) is 1.80. The Labute approximate surface area is 107 Å². The molecule has 1 aromatic heterocycles. The van der Waals surface area contributed by atoms with Gasteiger partial charge in [0.1, 0.15) is 0 Å². The van der Waals surface area contributed by atoms with Crippen molar-refractivity contribution in [1.29, 1.82) is 0 Å². The number of benzene rings is 1. The highest BCUT2D eigenvalue weighted by Gasteiger charge is 2.23. The van der Waals surface area contributed by atoms with Crippen LogP contribution in [0.3, 0.4) is 0 Å². The zero-order valence-electron chi connectivity index (χ0n) is 10.3. The summed E-state index contributed by atoms with van der Waals surface area (Å²) in [4.78, 5) is 4.58. The second-order valence-electron chi connectivity index (χ2n) is 4.76. The van der Waals surface area contributed by atoms with Crippen LogP contribution in [0.2, 0.25) is 0 Å². The van der Waals surface area contributed by atoms with Gasteiger partial charge in [-0.25, -0.2) is 0 Å². The summed E-state index contributed by atoms with van der Waals surface area (Å²) in [6, 6.07) is 10.4. The Morgan fingerprint density at radius 3 is 2.83 bits per heavy atom. The molecule has 0 bridgehead atoms. The average Bonchev–Trinajstić information content (AvgIpc) is 2.38. The first-order valence-corrected chi connectivity index (χ1v) is 6.23. The van der Waals surface area contributed by atoms with Gasteiger partial charge in [0.15, 0.2) is 0 Å². The maximum atomic E-state index is 4.58. The Hall–Kier alpha value is -2.09. The van der Waals surface area contributed by atoms with E-state index in [9.17, 15) is 0 Å². The maximum absolute atomic E-state index is 4.58. The van der Waals surface area contributed by atoms with Gasteiger partial charge < -0.3 is 5.32 Å². The number of allylic oxidation sites excluding steroid dienone is 2. The largest absolute Gasteiger partial charge is 0.363 e. The van der Waals surface area contributed by atoms with Crippen LogP contribution in [0.5, 0.6) is 0 Å². The molecule has 0 spiro atoms. The highest BCUT2D eigenvalue weighted by atomic mass is 14.9. The van der Waals surface area contributed by atoms with E-state index in [1.807, 2.05) is 6.20 Å². The summed E-state index contributed by atoms with van der Waals surface area (Å²) in [5.74, 6) is 0.279. The lowest BCUT2D eigenvalue weighted by Gasteiger charge is -2.27. The molecule has 1 unspecified atom stereocenters. The van der Waals surface area contributed by atoms with E-state index in [0.29, 0.717) is 0 Å². The van der Waals surface area contributed by atoms with Gasteiger partial charge in [0.05, 0.1) is 5.69 Å². The zero-order chi connectivity index (χ0) is 12.5. The molecule has 1 aliphatic rings. The summed E-state index contributed by atoms with van der Waals surface area (Å²) in [7, 11) is 0. The minimum Gasteiger partial charge on any atom is -0.363 e. The third-order valence-electron chi connectivity index (χ3n) is 3.53. The lowest BCUT2D eigenvalue weighted by Crippen LogP contribution is -2.24. The van der Waals surface area contributed by atoms with Crippen molar-refractivity contribution in [2.24, 2.45) is 0 Å². The Morgan fingerprint density at radius 1 is 1.17 bits per heavy atom. The molecule has 2 heterocycles. The molecule has 0 radical (unpaired) electrons. The molecule has 90 valence electrons. The van der Waals surface area contributed by atoms with Gasteiger partial charge in [-0.05, 0) is 24.3 Å². The lowest BCUT2D eigenvalue weighted by molar-refractivity contribution is 0.585. The van der Waals surface area contributed by atoms with Crippen LogP contribution in [0, 0.1) is 0 Å². The predicted octanol–water partition coefficient (Wildman–Crippen LogP) is 3.73. The van der Waals surface area contributed by atoms with Crippen LogP contribution < -0.4 is 5.32 Å². The second-order valence-corrected chi connectivity index (χ2v) is 4.76. The van der Waals surface area contributed by atoms with E-state index in [-0.39, 0.29) is 5.92 Å². The van der Waals surface area contributed by atoms with Crippen molar-refractivity contribution in [3.63, 3.8) is 0 Å². The molecule has 3 rings (SSSR count). The Morgan fingerprint density at radius 2 is 2.00 bits per heavy atom. The van der Waals surface area contributed by atoms with Crippen molar-refractivity contribution >= 4 is 10.8 Å². The van der Waals surface area contributed by atoms with Gasteiger partial charge in [0, 0.05) is 28.9 Å². The summed E-state index contributed by atoms with van der Waals surface area (Å²) >= 11 is 0. The van der Waals surface area contributed by atoms with Gasteiger partial charge in [0.25, 0.3) is 0 Å². The van der Waals surface area contributed by atoms with Crippen molar-refractivity contribution in [2.45, 2.75) is 18.8 Å². The first-order chi connectivity index (χ1) is 8.75. The predicted molar refractivity (Wildman–Crippen MR) is 75.1 cm³/mol. The number of aromatic nitrogens is 1. The van der Waals surface area contributed by atoms with Crippen molar-refractivity contribution in [3.8, 4) is 0 Å². The molecule has 1 aliphatic heterocycles. The molecule has 2 aromatic rings. The topological polar surface area (TPSA) is 24.9 Å². The average molecular weight is 236 g/mol. The van der Waals surface area contributed by atoms with Gasteiger partial charge in [-0.1, -0.05) is 37.4 Å². The minimum absolute atomic E-state index is 0.279. The normalized spacial score (nSPS) is 19.9. The fourth-order valence-corrected chi connectivity index (χ4v) is 2.59. The molecule has 2 heteroatoms. The molecule has 18 heavy (non-hydrogen) atoms. The number of nitrogens with one attached hydrogen (secondary N) is 1. The maximum Gasteiger partial charge on any atom is 0.0571 e. The number of pyridine rings is 1. The molecular weight excluding hydrogens is 220 g/mol. The number of rotatable bonds is 1. The van der Waals surface area contributed by atoms with Gasteiger partial charge in [0.2, 0.25) is 0 Å². The van der Waals surface area contributed by atoms with Crippen LogP contribution in [0.4, 0.5) is 0 Å². The number of hydrogen-bond acceptors (Lipinski definition) is 2. The number of piperidine rings is 1. The highest BCUT2D eigenvalue weighted by molar-refractivity contribution is 5.85. The van der Waals surface area contributed by atoms with Crippen LogP contribution in [0.15, 0.2) is 61.1 Å². The Balaban J connectivity index is 2.09. The molecule has 0 aliphatic carbocycles. The van der Waals surface area contributed by atoms with E-state index >= 15 is 0 Å². The molecule has 0 saturated carbocycles. The van der Waals surface area contributed by atoms with Crippen LogP contribution in [-0.2, 0) is 0 Å². The molecule has 2 nitrogen and oxygen atoms in total. The van der Waals surface area contributed by atoms with Crippen LogP contribution in [0.25, 0.3) is 10.8 Å². The molecule has 1 saturated heterocycles. The van der Waals surface area contributed by atoms with Gasteiger partial charge in [-0.15, -0.1) is 0 Å². The molecule has 0 amide bonds. The SMILES string of the molecule is C=C1CCC(c2nccc3ccccc23)C(=C)N1. The van der Waals surface area contributed by atoms with Crippen molar-refractivity contribution in [1.82, 2.24) is 10.3 Å². The standard InChI is InChI=1S/C16H16N2/c1-11-7-8-14(12(2)18-11)16-15-6-4-3-5-13(15)9-10-17-16/h3-6,9-10,14,18H,1-2,7-8H2. The van der Waals surface area contributed by atoms with Gasteiger partial charge in [-0.2, -0.15) is 0 Å². The summed E-state index contributed by atoms with van der Waals surface area (Å²) in [5, 5.41) is 5.72. The van der Waals surface area contributed by atoms with Gasteiger partial charge in [-0.3, -0.25) is 4.98 Å². The van der Waals surface area contributed by atoms with E-state index in [0.717, 1.165) is 29.9 Å². The van der Waals surface area contributed by atoms with Crippen molar-refractivity contribution in [2.75, 3.05) is 0 Å². The quantitative estimate of drug-likeness (QED) is 0.816. The lowest BCUT2D eigenvalue weighted by atomic mass is 9.89. The fraction of sp³-hybridized carbons (Fsp3) is 0.188. The molecule has 1 aromatic carbocycles. The number of nitrogens with zero attached hydrogens (tertiary/aromatic N) is 1. The van der Waals surface area contributed by atoms with Crippen LogP contribution in [0.1, 0.15) is 24.5 Å². The summed E-state index contributed by atoms with van der Waals surface area (Å²) < 4.78 is 0. The molecule has 1 N–H and O–H groups in total. The second kappa shape index (κ2) is 4.30. The van der Waals surface area contributed by atoms with Crippen LogP contribution >= 0.6 is 0 Å². The van der Waals surface area contributed by atoms with E-state index in [1.165, 1.54) is 10.8 Å². The smallest absolute Gasteiger partial charge is 0.0571 e. The third-order valence-corrected chi connectivity index (χ3v) is 3.53. The van der Waals surface area contributed by atoms with E-state index in [4.69, 9.17) is 0 Å². The summed E-state index contributed by atoms with van der Waals surface area (Å²) in [6.07, 6.45) is 3.90. The van der Waals surface area contributed by atoms with Crippen molar-refractivity contribution in [3.05, 3.63) is 66.8 Å². The first kappa shape index (κ1) is 11.0. The minimum atomic E-state index is 0.279. The summed E-state index contributed by atoms with van der Waals surface area (Å²) in [5.41, 5.74) is 3.18. The van der Waals surface area contributed by atoms with E-state index in [2.05, 4.69) is 53.8 Å². The molecule has 1 atom stereocenters. The highest BCUT2D eigenvalue weighted by Crippen LogP contribution is 2.34. The van der Waals surface area contributed by atoms with E-state index in [1.54, 1.807) is 0 Å². The van der Waals surface area contributed by atoms with Gasteiger partial charge >= 0.3 is 0 Å². The first-order valence-electron chi connectivity index (χ1n) is 6.23. The Bertz CT molecular complexity index is 623.